The molecule has 0 fully saturated rings. The lowest BCUT2D eigenvalue weighted by atomic mass is 10.0. The maximum Gasteiger partial charge on any atom is 0.305 e. The van der Waals surface area contributed by atoms with Gasteiger partial charge in [-0.25, -0.2) is 0 Å². The number of carboxylic acid groups (broad SMARTS) is 1. The topological polar surface area (TPSA) is 149 Å². The van der Waals surface area contributed by atoms with E-state index in [4.69, 9.17) is 19.9 Å². The third-order valence-electron chi connectivity index (χ3n) is 7.06. The van der Waals surface area contributed by atoms with Crippen LogP contribution < -0.4 is 30.6 Å². The molecule has 5 N–H and O–H groups in total. The fourth-order valence-electron chi connectivity index (χ4n) is 4.94. The molecule has 0 aromatic heterocycles. The molecule has 4 aromatic rings. The van der Waals surface area contributed by atoms with Crippen molar-refractivity contribution in [3.8, 4) is 17.2 Å². The molecule has 1 aliphatic rings. The summed E-state index contributed by atoms with van der Waals surface area (Å²) in [6.07, 6.45) is 0.467. The number of hydrogen-bond donors (Lipinski definition) is 4. The molecule has 2 amide bonds. The molecular formula is C33H34ClN3O7. The van der Waals surface area contributed by atoms with Gasteiger partial charge in [-0.05, 0) is 52.9 Å². The second-order valence-electron chi connectivity index (χ2n) is 10.3. The molecule has 0 saturated heterocycles. The molecule has 0 saturated carbocycles. The van der Waals surface area contributed by atoms with Crippen LogP contribution in [-0.2, 0) is 22.4 Å². The summed E-state index contributed by atoms with van der Waals surface area (Å²) in [5.74, 6) is -0.875. The Morgan fingerprint density at radius 3 is 2.45 bits per heavy atom. The summed E-state index contributed by atoms with van der Waals surface area (Å²) >= 11 is 0. The lowest BCUT2D eigenvalue weighted by Crippen LogP contribution is -2.48. The van der Waals surface area contributed by atoms with Gasteiger partial charge in [-0.3, -0.25) is 14.4 Å². The number of halogens is 1. The molecule has 1 aliphatic heterocycles. The van der Waals surface area contributed by atoms with Crippen molar-refractivity contribution in [1.82, 2.24) is 10.6 Å². The maximum absolute atomic E-state index is 13.7. The van der Waals surface area contributed by atoms with E-state index in [1.807, 2.05) is 60.7 Å². The van der Waals surface area contributed by atoms with Gasteiger partial charge in [0.1, 0.15) is 18.4 Å². The minimum Gasteiger partial charge on any atom is -0.491 e. The number of hydrogen-bond acceptors (Lipinski definition) is 7. The van der Waals surface area contributed by atoms with Crippen LogP contribution in [0.25, 0.3) is 10.8 Å². The van der Waals surface area contributed by atoms with Gasteiger partial charge in [0.25, 0.3) is 5.91 Å². The number of benzene rings is 4. The van der Waals surface area contributed by atoms with E-state index in [-0.39, 0.29) is 49.7 Å². The minimum absolute atomic E-state index is 0. The van der Waals surface area contributed by atoms with Crippen molar-refractivity contribution < 1.29 is 33.7 Å². The van der Waals surface area contributed by atoms with Crippen LogP contribution in [0.3, 0.4) is 0 Å². The number of carbonyl (C=O) groups is 3. The standard InChI is InChI=1S/C33H33N3O7.ClH/c34-24(16-21-6-2-1-3-7-21)19-41-28-13-11-23-8-4-5-9-25(23)31(28)33(40)36-26(18-30(37)38)32(39)35-15-14-22-10-12-27-29(17-22)43-20-42-27;/h1-13,17,24,26H,14-16,18-20,34H2,(H,35,39)(H,36,40)(H,37,38);1H. The Morgan fingerprint density at radius 1 is 0.909 bits per heavy atom. The van der Waals surface area contributed by atoms with Crippen molar-refractivity contribution in [3.63, 3.8) is 0 Å². The zero-order chi connectivity index (χ0) is 30.2. The van der Waals surface area contributed by atoms with Gasteiger partial charge in [0.2, 0.25) is 12.7 Å². The van der Waals surface area contributed by atoms with Crippen molar-refractivity contribution >= 4 is 41.0 Å². The van der Waals surface area contributed by atoms with Gasteiger partial charge in [-0.1, -0.05) is 66.7 Å². The third kappa shape index (κ3) is 8.18. The van der Waals surface area contributed by atoms with E-state index in [1.54, 1.807) is 24.3 Å². The van der Waals surface area contributed by atoms with E-state index in [2.05, 4.69) is 10.6 Å². The van der Waals surface area contributed by atoms with Crippen LogP contribution in [0.15, 0.2) is 84.9 Å². The van der Waals surface area contributed by atoms with Crippen molar-refractivity contribution in [2.45, 2.75) is 31.3 Å². The molecular weight excluding hydrogens is 586 g/mol. The molecule has 230 valence electrons. The molecule has 11 heteroatoms. The van der Waals surface area contributed by atoms with E-state index in [1.165, 1.54) is 0 Å². The highest BCUT2D eigenvalue weighted by Crippen LogP contribution is 2.32. The van der Waals surface area contributed by atoms with Crippen LogP contribution in [0.5, 0.6) is 17.2 Å². The second-order valence-corrected chi connectivity index (χ2v) is 10.3. The highest BCUT2D eigenvalue weighted by Gasteiger charge is 2.27. The molecule has 0 aliphatic carbocycles. The van der Waals surface area contributed by atoms with Gasteiger partial charge in [0.15, 0.2) is 11.5 Å². The lowest BCUT2D eigenvalue weighted by molar-refractivity contribution is -0.139. The van der Waals surface area contributed by atoms with E-state index in [0.717, 1.165) is 16.5 Å². The summed E-state index contributed by atoms with van der Waals surface area (Å²) in [4.78, 5) is 38.4. The third-order valence-corrected chi connectivity index (χ3v) is 7.06. The van der Waals surface area contributed by atoms with E-state index in [9.17, 15) is 19.5 Å². The Balaban J connectivity index is 0.00000442. The summed E-state index contributed by atoms with van der Waals surface area (Å²) in [5, 5.41) is 16.3. The number of aliphatic carboxylic acids is 1. The van der Waals surface area contributed by atoms with Gasteiger partial charge < -0.3 is 35.7 Å². The van der Waals surface area contributed by atoms with Crippen LogP contribution in [-0.4, -0.2) is 54.9 Å². The highest BCUT2D eigenvalue weighted by atomic mass is 35.5. The summed E-state index contributed by atoms with van der Waals surface area (Å²) in [5.41, 5.74) is 8.50. The Kier molecular flexibility index (Phi) is 11.0. The van der Waals surface area contributed by atoms with Crippen LogP contribution in [0.1, 0.15) is 27.9 Å². The summed E-state index contributed by atoms with van der Waals surface area (Å²) in [6, 6.07) is 24.4. The van der Waals surface area contributed by atoms with Crippen molar-refractivity contribution in [1.29, 1.82) is 0 Å². The lowest BCUT2D eigenvalue weighted by Gasteiger charge is -2.20. The molecule has 0 radical (unpaired) electrons. The molecule has 10 nitrogen and oxygen atoms in total. The van der Waals surface area contributed by atoms with Crippen LogP contribution in [0.2, 0.25) is 0 Å². The zero-order valence-electron chi connectivity index (χ0n) is 23.9. The minimum atomic E-state index is -1.31. The van der Waals surface area contributed by atoms with Gasteiger partial charge in [-0.15, -0.1) is 12.4 Å². The van der Waals surface area contributed by atoms with Gasteiger partial charge in [-0.2, -0.15) is 0 Å². The van der Waals surface area contributed by atoms with Gasteiger partial charge in [0, 0.05) is 12.6 Å². The summed E-state index contributed by atoms with van der Waals surface area (Å²) in [7, 11) is 0. The SMILES string of the molecule is Cl.NC(COc1ccc2ccccc2c1C(=O)NC(CC(=O)O)C(=O)NCCc1ccc2c(c1)OCO2)Cc1ccccc1. The molecule has 0 bridgehead atoms. The molecule has 4 aromatic carbocycles. The predicted octanol–water partition coefficient (Wildman–Crippen LogP) is 3.87. The molecule has 44 heavy (non-hydrogen) atoms. The monoisotopic (exact) mass is 619 g/mol. The van der Waals surface area contributed by atoms with Gasteiger partial charge in [0.05, 0.1) is 12.0 Å². The van der Waals surface area contributed by atoms with E-state index in [0.29, 0.717) is 29.7 Å². The second kappa shape index (κ2) is 15.1. The Hall–Kier alpha value is -4.80. The fourth-order valence-corrected chi connectivity index (χ4v) is 4.94. The smallest absolute Gasteiger partial charge is 0.305 e. The zero-order valence-corrected chi connectivity index (χ0v) is 24.7. The molecule has 1 heterocycles. The number of amides is 2. The average Bonchev–Trinajstić information content (AvgIpc) is 3.47. The summed E-state index contributed by atoms with van der Waals surface area (Å²) < 4.78 is 16.8. The van der Waals surface area contributed by atoms with Crippen LogP contribution >= 0.6 is 12.4 Å². The van der Waals surface area contributed by atoms with Crippen LogP contribution in [0.4, 0.5) is 0 Å². The molecule has 2 unspecified atom stereocenters. The van der Waals surface area contributed by atoms with E-state index < -0.39 is 30.2 Å². The first kappa shape index (κ1) is 32.1. The summed E-state index contributed by atoms with van der Waals surface area (Å²) in [6.45, 7) is 0.537. The molecule has 0 spiro atoms. The fraction of sp³-hybridized carbons (Fsp3) is 0.242. The predicted molar refractivity (Wildman–Crippen MR) is 168 cm³/mol. The number of ether oxygens (including phenoxy) is 3. The highest BCUT2D eigenvalue weighted by molar-refractivity contribution is 6.10. The molecule has 5 rings (SSSR count). The number of nitrogens with one attached hydrogen (secondary N) is 2. The van der Waals surface area contributed by atoms with Crippen molar-refractivity contribution in [3.05, 3.63) is 102 Å². The Morgan fingerprint density at radius 2 is 1.66 bits per heavy atom. The van der Waals surface area contributed by atoms with Crippen molar-refractivity contribution in [2.24, 2.45) is 5.73 Å². The number of carboxylic acids is 1. The van der Waals surface area contributed by atoms with Crippen molar-refractivity contribution in [2.75, 3.05) is 19.9 Å². The largest absolute Gasteiger partial charge is 0.491 e. The number of fused-ring (bicyclic) bond motifs is 2. The first-order valence-corrected chi connectivity index (χ1v) is 14.0. The average molecular weight is 620 g/mol. The first-order chi connectivity index (χ1) is 20.9. The first-order valence-electron chi connectivity index (χ1n) is 14.0. The number of nitrogens with two attached hydrogens (primary N) is 1. The maximum atomic E-state index is 13.7. The van der Waals surface area contributed by atoms with E-state index >= 15 is 0 Å². The van der Waals surface area contributed by atoms with Gasteiger partial charge >= 0.3 is 5.97 Å². The Bertz CT molecular complexity index is 1620. The normalized spacial score (nSPS) is 12.9. The number of carbonyl (C=O) groups excluding carboxylic acids is 2. The molecule has 2 atom stereocenters. The van der Waals surface area contributed by atoms with Crippen LogP contribution in [0, 0.1) is 0 Å². The number of rotatable bonds is 13. The quantitative estimate of drug-likeness (QED) is 0.176. The Labute approximate surface area is 260 Å².